The van der Waals surface area contributed by atoms with Crippen LogP contribution in [0.4, 0.5) is 11.4 Å². The molecule has 0 spiro atoms. The van der Waals surface area contributed by atoms with Gasteiger partial charge in [-0.2, -0.15) is 0 Å². The molecule has 1 N–H and O–H groups in total. The first kappa shape index (κ1) is 17.1. The summed E-state index contributed by atoms with van der Waals surface area (Å²) in [6.07, 6.45) is 1.11. The number of carbonyl (C=O) groups excluding carboxylic acids is 1. The maximum atomic E-state index is 12.5. The van der Waals surface area contributed by atoms with Crippen molar-refractivity contribution < 1.29 is 22.7 Å². The van der Waals surface area contributed by atoms with E-state index in [0.717, 1.165) is 10.6 Å². The van der Waals surface area contributed by atoms with Crippen molar-refractivity contribution in [2.75, 3.05) is 36.1 Å². The van der Waals surface area contributed by atoms with E-state index in [1.54, 1.807) is 36.4 Å². The van der Waals surface area contributed by atoms with Crippen LogP contribution in [0.25, 0.3) is 0 Å². The summed E-state index contributed by atoms with van der Waals surface area (Å²) in [6.45, 7) is 0.962. The fraction of sp³-hybridized carbons (Fsp3) is 0.235. The third kappa shape index (κ3) is 3.85. The van der Waals surface area contributed by atoms with Crippen LogP contribution in [0.15, 0.2) is 42.5 Å². The summed E-state index contributed by atoms with van der Waals surface area (Å²) in [5.74, 6) is 0.871. The Morgan fingerprint density at radius 2 is 1.80 bits per heavy atom. The van der Waals surface area contributed by atoms with Crippen LogP contribution in [-0.4, -0.2) is 40.8 Å². The van der Waals surface area contributed by atoms with E-state index in [2.05, 4.69) is 5.32 Å². The zero-order valence-corrected chi connectivity index (χ0v) is 14.7. The van der Waals surface area contributed by atoms with Gasteiger partial charge in [0.15, 0.2) is 11.5 Å². The molecular weight excluding hydrogens is 344 g/mol. The number of nitrogens with one attached hydrogen (secondary N) is 1. The molecule has 2 aromatic carbocycles. The second kappa shape index (κ2) is 6.64. The number of nitrogens with zero attached hydrogens (tertiary/aromatic N) is 1. The molecule has 0 aromatic heterocycles. The minimum atomic E-state index is -3.40. The Bertz CT molecular complexity index is 911. The second-order valence-electron chi connectivity index (χ2n) is 5.59. The van der Waals surface area contributed by atoms with Crippen molar-refractivity contribution in [2.24, 2.45) is 0 Å². The molecule has 0 saturated carbocycles. The van der Waals surface area contributed by atoms with Crippen LogP contribution in [0, 0.1) is 0 Å². The van der Waals surface area contributed by atoms with Crippen LogP contribution < -0.4 is 19.1 Å². The Labute approximate surface area is 146 Å². The fourth-order valence-corrected chi connectivity index (χ4v) is 2.86. The minimum Gasteiger partial charge on any atom is -0.486 e. The zero-order valence-electron chi connectivity index (χ0n) is 13.9. The van der Waals surface area contributed by atoms with Crippen LogP contribution in [-0.2, 0) is 10.0 Å². The molecule has 3 rings (SSSR count). The summed E-state index contributed by atoms with van der Waals surface area (Å²) >= 11 is 0. The van der Waals surface area contributed by atoms with Gasteiger partial charge in [0.1, 0.15) is 13.2 Å². The predicted molar refractivity (Wildman–Crippen MR) is 95.1 cm³/mol. The topological polar surface area (TPSA) is 84.9 Å². The van der Waals surface area contributed by atoms with Gasteiger partial charge in [-0.05, 0) is 30.3 Å². The molecule has 0 aliphatic carbocycles. The van der Waals surface area contributed by atoms with Gasteiger partial charge in [0.25, 0.3) is 5.91 Å². The number of amides is 1. The van der Waals surface area contributed by atoms with Crippen molar-refractivity contribution in [2.45, 2.75) is 0 Å². The molecule has 1 aliphatic rings. The average molecular weight is 362 g/mol. The van der Waals surface area contributed by atoms with Gasteiger partial charge < -0.3 is 14.8 Å². The largest absolute Gasteiger partial charge is 0.486 e. The molecular formula is C17H18N2O5S. The molecule has 0 radical (unpaired) electrons. The Kier molecular flexibility index (Phi) is 4.54. The number of sulfonamides is 1. The fourth-order valence-electron chi connectivity index (χ4n) is 2.36. The van der Waals surface area contributed by atoms with Crippen molar-refractivity contribution in [3.05, 3.63) is 48.0 Å². The first-order valence-electron chi connectivity index (χ1n) is 7.59. The summed E-state index contributed by atoms with van der Waals surface area (Å²) < 4.78 is 35.3. The smallest absolute Gasteiger partial charge is 0.255 e. The second-order valence-corrected chi connectivity index (χ2v) is 7.61. The van der Waals surface area contributed by atoms with Crippen LogP contribution in [0.1, 0.15) is 10.4 Å². The lowest BCUT2D eigenvalue weighted by Gasteiger charge is -2.19. The van der Waals surface area contributed by atoms with E-state index in [0.29, 0.717) is 41.7 Å². The van der Waals surface area contributed by atoms with Gasteiger partial charge in [-0.3, -0.25) is 9.10 Å². The number of rotatable bonds is 4. The van der Waals surface area contributed by atoms with Crippen molar-refractivity contribution in [1.29, 1.82) is 0 Å². The summed E-state index contributed by atoms with van der Waals surface area (Å²) in [6, 6.07) is 11.5. The molecule has 0 unspecified atom stereocenters. The third-order valence-electron chi connectivity index (χ3n) is 3.77. The molecule has 0 saturated heterocycles. The van der Waals surface area contributed by atoms with E-state index >= 15 is 0 Å². The van der Waals surface area contributed by atoms with Gasteiger partial charge in [0, 0.05) is 24.4 Å². The van der Waals surface area contributed by atoms with Crippen LogP contribution >= 0.6 is 0 Å². The van der Waals surface area contributed by atoms with E-state index in [4.69, 9.17) is 9.47 Å². The summed E-state index contributed by atoms with van der Waals surface area (Å²) in [4.78, 5) is 12.5. The molecule has 25 heavy (non-hydrogen) atoms. The molecule has 8 heteroatoms. The molecule has 0 atom stereocenters. The number of anilines is 2. The number of ether oxygens (including phenoxy) is 2. The Hall–Kier alpha value is -2.74. The highest BCUT2D eigenvalue weighted by Gasteiger charge is 2.16. The molecule has 0 fully saturated rings. The lowest BCUT2D eigenvalue weighted by atomic mass is 10.2. The number of hydrogen-bond donors (Lipinski definition) is 1. The first-order valence-corrected chi connectivity index (χ1v) is 9.44. The molecule has 0 bridgehead atoms. The lowest BCUT2D eigenvalue weighted by molar-refractivity contribution is 0.102. The molecule has 132 valence electrons. The van der Waals surface area contributed by atoms with Gasteiger partial charge in [-0.1, -0.05) is 6.07 Å². The van der Waals surface area contributed by atoms with Gasteiger partial charge in [0.2, 0.25) is 10.0 Å². The maximum Gasteiger partial charge on any atom is 0.255 e. The van der Waals surface area contributed by atoms with E-state index < -0.39 is 10.0 Å². The molecule has 1 aliphatic heterocycles. The van der Waals surface area contributed by atoms with E-state index in [-0.39, 0.29) is 5.91 Å². The molecule has 1 amide bonds. The third-order valence-corrected chi connectivity index (χ3v) is 4.98. The minimum absolute atomic E-state index is 0.347. The quantitative estimate of drug-likeness (QED) is 0.900. The van der Waals surface area contributed by atoms with Gasteiger partial charge in [0.05, 0.1) is 11.9 Å². The number of benzene rings is 2. The Morgan fingerprint density at radius 1 is 1.08 bits per heavy atom. The number of hydrogen-bond acceptors (Lipinski definition) is 5. The highest BCUT2D eigenvalue weighted by Crippen LogP contribution is 2.32. The molecule has 2 aromatic rings. The van der Waals surface area contributed by atoms with Crippen LogP contribution in [0.3, 0.4) is 0 Å². The number of fused-ring (bicyclic) bond motifs is 1. The highest BCUT2D eigenvalue weighted by molar-refractivity contribution is 7.92. The SMILES string of the molecule is CN(c1cccc(C(=O)Nc2ccc3c(c2)OCCO3)c1)S(C)(=O)=O. The van der Waals surface area contributed by atoms with Crippen molar-refractivity contribution in [1.82, 2.24) is 0 Å². The van der Waals surface area contributed by atoms with Crippen molar-refractivity contribution in [3.63, 3.8) is 0 Å². The lowest BCUT2D eigenvalue weighted by Crippen LogP contribution is -2.25. The zero-order chi connectivity index (χ0) is 18.0. The standard InChI is InChI=1S/C17H18N2O5S/c1-19(25(2,21)22)14-5-3-4-12(10-14)17(20)18-13-6-7-15-16(11-13)24-9-8-23-15/h3-7,10-11H,8-9H2,1-2H3,(H,18,20). The maximum absolute atomic E-state index is 12.5. The normalized spacial score (nSPS) is 13.2. The summed E-state index contributed by atoms with van der Waals surface area (Å²) in [5.41, 5.74) is 1.33. The summed E-state index contributed by atoms with van der Waals surface area (Å²) in [7, 11) is -1.96. The Balaban J connectivity index is 1.80. The number of carbonyl (C=O) groups is 1. The average Bonchev–Trinajstić information content (AvgIpc) is 2.60. The first-order chi connectivity index (χ1) is 11.8. The van der Waals surface area contributed by atoms with E-state index in [1.165, 1.54) is 13.1 Å². The highest BCUT2D eigenvalue weighted by atomic mass is 32.2. The van der Waals surface area contributed by atoms with Crippen LogP contribution in [0.5, 0.6) is 11.5 Å². The van der Waals surface area contributed by atoms with E-state index in [9.17, 15) is 13.2 Å². The van der Waals surface area contributed by atoms with Gasteiger partial charge in [-0.25, -0.2) is 8.42 Å². The molecule has 1 heterocycles. The monoisotopic (exact) mass is 362 g/mol. The van der Waals surface area contributed by atoms with Gasteiger partial charge in [-0.15, -0.1) is 0 Å². The van der Waals surface area contributed by atoms with Crippen LogP contribution in [0.2, 0.25) is 0 Å². The molecule has 7 nitrogen and oxygen atoms in total. The predicted octanol–water partition coefficient (Wildman–Crippen LogP) is 2.11. The van der Waals surface area contributed by atoms with Gasteiger partial charge >= 0.3 is 0 Å². The summed E-state index contributed by atoms with van der Waals surface area (Å²) in [5, 5.41) is 2.77. The van der Waals surface area contributed by atoms with E-state index in [1.807, 2.05) is 0 Å². The van der Waals surface area contributed by atoms with Crippen molar-refractivity contribution in [3.8, 4) is 11.5 Å². The Morgan fingerprint density at radius 3 is 2.52 bits per heavy atom. The van der Waals surface area contributed by atoms with Crippen molar-refractivity contribution >= 4 is 27.3 Å².